The predicted octanol–water partition coefficient (Wildman–Crippen LogP) is -0.508. The van der Waals surface area contributed by atoms with E-state index < -0.39 is 0 Å². The van der Waals surface area contributed by atoms with Gasteiger partial charge in [0.2, 0.25) is 11.9 Å². The van der Waals surface area contributed by atoms with Crippen LogP contribution in [0.3, 0.4) is 0 Å². The lowest BCUT2D eigenvalue weighted by Crippen LogP contribution is -2.42. The molecule has 1 aliphatic carbocycles. The summed E-state index contributed by atoms with van der Waals surface area (Å²) in [7, 11) is 0. The summed E-state index contributed by atoms with van der Waals surface area (Å²) in [4.78, 5) is 8.36. The van der Waals surface area contributed by atoms with Gasteiger partial charge in [0.25, 0.3) is 0 Å². The van der Waals surface area contributed by atoms with Crippen LogP contribution in [0.5, 0.6) is 0 Å². The van der Waals surface area contributed by atoms with E-state index in [-0.39, 0.29) is 0 Å². The number of nitrogens with two attached hydrogens (primary N) is 1. The monoisotopic (exact) mass is 224 g/mol. The molecule has 0 unspecified atom stereocenters. The van der Waals surface area contributed by atoms with Crippen molar-refractivity contribution in [3.8, 4) is 0 Å². The summed E-state index contributed by atoms with van der Waals surface area (Å²) in [5.41, 5.74) is 2.54. The molecule has 1 fully saturated rings. The molecule has 16 heavy (non-hydrogen) atoms. The normalized spacial score (nSPS) is 16.2. The minimum Gasteiger partial charge on any atom is -0.353 e. The summed E-state index contributed by atoms with van der Waals surface area (Å²) >= 11 is 0. The number of aliphatic imine (C=N–C) groups is 1. The Balaban J connectivity index is 1.77. The Kier molecular flexibility index (Phi) is 3.35. The molecule has 1 aromatic heterocycles. The SMILES string of the molecule is Cc1nc(CCN=C(NN)NC2CC2)no1. The molecule has 0 saturated heterocycles. The minimum absolute atomic E-state index is 0.530. The Labute approximate surface area is 93.5 Å². The standard InChI is InChI=1S/C9H16N6O/c1-6-12-8(15-16-6)4-5-11-9(14-10)13-7-2-3-7/h7H,2-5,10H2,1H3,(H2,11,13,14). The fraction of sp³-hybridized carbons (Fsp3) is 0.667. The summed E-state index contributed by atoms with van der Waals surface area (Å²) in [5.74, 6) is 7.21. The van der Waals surface area contributed by atoms with Crippen molar-refractivity contribution >= 4 is 5.96 Å². The van der Waals surface area contributed by atoms with Gasteiger partial charge in [-0.25, -0.2) is 5.84 Å². The fourth-order valence-corrected chi connectivity index (χ4v) is 1.26. The molecule has 0 aromatic carbocycles. The van der Waals surface area contributed by atoms with Gasteiger partial charge in [-0.15, -0.1) is 0 Å². The van der Waals surface area contributed by atoms with Gasteiger partial charge in [-0.1, -0.05) is 5.16 Å². The summed E-state index contributed by atoms with van der Waals surface area (Å²) in [6.45, 7) is 2.35. The van der Waals surface area contributed by atoms with E-state index in [0.717, 1.165) is 0 Å². The number of rotatable bonds is 4. The van der Waals surface area contributed by atoms with E-state index in [0.29, 0.717) is 36.7 Å². The predicted molar refractivity (Wildman–Crippen MR) is 58.5 cm³/mol. The van der Waals surface area contributed by atoms with E-state index in [1.54, 1.807) is 6.92 Å². The third-order valence-corrected chi connectivity index (χ3v) is 2.23. The van der Waals surface area contributed by atoms with E-state index in [9.17, 15) is 0 Å². The number of aromatic nitrogens is 2. The van der Waals surface area contributed by atoms with Crippen LogP contribution in [0.4, 0.5) is 0 Å². The van der Waals surface area contributed by atoms with Crippen LogP contribution in [0.2, 0.25) is 0 Å². The Hall–Kier alpha value is -1.63. The molecule has 1 heterocycles. The van der Waals surface area contributed by atoms with Crippen molar-refractivity contribution in [1.82, 2.24) is 20.9 Å². The van der Waals surface area contributed by atoms with E-state index >= 15 is 0 Å². The quantitative estimate of drug-likeness (QED) is 0.275. The first kappa shape index (κ1) is 10.9. The largest absolute Gasteiger partial charge is 0.353 e. The zero-order valence-corrected chi connectivity index (χ0v) is 9.23. The third-order valence-electron chi connectivity index (χ3n) is 2.23. The molecule has 0 radical (unpaired) electrons. The molecule has 0 bridgehead atoms. The van der Waals surface area contributed by atoms with Crippen LogP contribution in [0.25, 0.3) is 0 Å². The van der Waals surface area contributed by atoms with Crippen LogP contribution >= 0.6 is 0 Å². The molecule has 7 nitrogen and oxygen atoms in total. The van der Waals surface area contributed by atoms with Crippen molar-refractivity contribution in [2.45, 2.75) is 32.2 Å². The number of nitrogens with zero attached hydrogens (tertiary/aromatic N) is 3. The summed E-state index contributed by atoms with van der Waals surface area (Å²) < 4.78 is 4.86. The smallest absolute Gasteiger partial charge is 0.223 e. The minimum atomic E-state index is 0.530. The molecular formula is C9H16N6O. The molecule has 0 spiro atoms. The van der Waals surface area contributed by atoms with Crippen LogP contribution in [0.1, 0.15) is 24.6 Å². The second-order valence-electron chi connectivity index (χ2n) is 3.77. The van der Waals surface area contributed by atoms with E-state index in [1.165, 1.54) is 12.8 Å². The maximum atomic E-state index is 5.34. The zero-order valence-electron chi connectivity index (χ0n) is 9.23. The molecular weight excluding hydrogens is 208 g/mol. The van der Waals surface area contributed by atoms with Crippen molar-refractivity contribution in [2.75, 3.05) is 6.54 Å². The van der Waals surface area contributed by atoms with Gasteiger partial charge in [0.1, 0.15) is 0 Å². The number of hydrogen-bond donors (Lipinski definition) is 3. The van der Waals surface area contributed by atoms with Gasteiger partial charge in [-0.2, -0.15) is 4.98 Å². The Morgan fingerprint density at radius 2 is 2.44 bits per heavy atom. The Bertz CT molecular complexity index is 370. The highest BCUT2D eigenvalue weighted by molar-refractivity contribution is 5.79. The van der Waals surface area contributed by atoms with E-state index in [4.69, 9.17) is 10.4 Å². The van der Waals surface area contributed by atoms with Gasteiger partial charge in [0.05, 0.1) is 6.54 Å². The molecule has 88 valence electrons. The number of guanidine groups is 1. The number of hydrazine groups is 1. The fourth-order valence-electron chi connectivity index (χ4n) is 1.26. The highest BCUT2D eigenvalue weighted by Gasteiger charge is 2.21. The highest BCUT2D eigenvalue weighted by atomic mass is 16.5. The number of aryl methyl sites for hydroxylation is 1. The lowest BCUT2D eigenvalue weighted by atomic mass is 10.4. The van der Waals surface area contributed by atoms with Crippen LogP contribution in [0, 0.1) is 6.92 Å². The number of hydrogen-bond acceptors (Lipinski definition) is 5. The van der Waals surface area contributed by atoms with Gasteiger partial charge >= 0.3 is 0 Å². The zero-order chi connectivity index (χ0) is 11.4. The lowest BCUT2D eigenvalue weighted by Gasteiger charge is -2.06. The molecule has 0 atom stereocenters. The summed E-state index contributed by atoms with van der Waals surface area (Å²) in [6.07, 6.45) is 3.02. The first-order chi connectivity index (χ1) is 7.78. The van der Waals surface area contributed by atoms with Crippen LogP contribution in [-0.4, -0.2) is 28.7 Å². The van der Waals surface area contributed by atoms with Gasteiger partial charge in [0, 0.05) is 19.4 Å². The Morgan fingerprint density at radius 1 is 1.62 bits per heavy atom. The molecule has 1 saturated carbocycles. The molecule has 2 rings (SSSR count). The van der Waals surface area contributed by atoms with Crippen LogP contribution in [-0.2, 0) is 6.42 Å². The van der Waals surface area contributed by atoms with Crippen molar-refractivity contribution < 1.29 is 4.52 Å². The highest BCUT2D eigenvalue weighted by Crippen LogP contribution is 2.18. The van der Waals surface area contributed by atoms with Gasteiger partial charge in [0.15, 0.2) is 5.82 Å². The molecule has 4 N–H and O–H groups in total. The third kappa shape index (κ3) is 3.20. The van der Waals surface area contributed by atoms with Crippen LogP contribution in [0.15, 0.2) is 9.52 Å². The first-order valence-electron chi connectivity index (χ1n) is 5.34. The van der Waals surface area contributed by atoms with Crippen molar-refractivity contribution in [3.05, 3.63) is 11.7 Å². The summed E-state index contributed by atoms with van der Waals surface area (Å²) in [5, 5.41) is 6.97. The summed E-state index contributed by atoms with van der Waals surface area (Å²) in [6, 6.07) is 0.530. The number of nitrogens with one attached hydrogen (secondary N) is 2. The molecule has 1 aliphatic rings. The van der Waals surface area contributed by atoms with Crippen molar-refractivity contribution in [1.29, 1.82) is 0 Å². The van der Waals surface area contributed by atoms with Crippen LogP contribution < -0.4 is 16.6 Å². The molecule has 0 aliphatic heterocycles. The van der Waals surface area contributed by atoms with Crippen molar-refractivity contribution in [2.24, 2.45) is 10.8 Å². The lowest BCUT2D eigenvalue weighted by molar-refractivity contribution is 0.387. The Morgan fingerprint density at radius 3 is 3.00 bits per heavy atom. The van der Waals surface area contributed by atoms with Crippen molar-refractivity contribution in [3.63, 3.8) is 0 Å². The second-order valence-corrected chi connectivity index (χ2v) is 3.77. The second kappa shape index (κ2) is 4.93. The molecule has 0 amide bonds. The van der Waals surface area contributed by atoms with Gasteiger partial charge < -0.3 is 9.84 Å². The van der Waals surface area contributed by atoms with Gasteiger partial charge in [-0.05, 0) is 12.8 Å². The van der Waals surface area contributed by atoms with Gasteiger partial charge in [-0.3, -0.25) is 10.4 Å². The van der Waals surface area contributed by atoms with E-state index in [2.05, 4.69) is 25.9 Å². The maximum absolute atomic E-state index is 5.34. The molecule has 1 aromatic rings. The van der Waals surface area contributed by atoms with E-state index in [1.807, 2.05) is 0 Å². The topological polar surface area (TPSA) is 101 Å². The average Bonchev–Trinajstić information content (AvgIpc) is 3.00. The average molecular weight is 224 g/mol. The maximum Gasteiger partial charge on any atom is 0.223 e. The molecule has 7 heteroatoms. The first-order valence-corrected chi connectivity index (χ1v) is 5.34.